The maximum absolute atomic E-state index is 12.3. The van der Waals surface area contributed by atoms with E-state index >= 15 is 0 Å². The van der Waals surface area contributed by atoms with Crippen molar-refractivity contribution >= 4 is 70.4 Å². The summed E-state index contributed by atoms with van der Waals surface area (Å²) in [5.74, 6) is -8.39. The minimum absolute atomic E-state index is 0.00231. The standard InChI is InChI=1S/C17H31N3O6.C13H18N2O3.C8H17N3O.C8H16N2O3.3C6H14N2O/c1-5-8(3)10(16(23)24)7-11(21)12(18)13(19)15(22)20-14(17(25)26)9(4)6-2;14-8-11(15)12(16)7-10(13(17)18)6-9-4-2-1-3-5-9;1-6-3-2-4-11(6)8(12)7(10)5-9;1-5(3-8(12)13)2-7(11)6(10)4-9;3*1-2-3-6(9)5(8)4-7/h8-10,12-14H,5-7,18-19H2,1-4H3,(H,20,22)(H,23,24)(H,25,26);1-5,10-11H,6-8,14-15H2,(H,17,18);6-7H,2-5,9-10H2,1H3;5-6H,2-4,9-10H2,1H3,(H,12,13);3*5H,2-4,7-8H2,1H3/t8?,9?,10-,12+,13-,14-;10-,11-;6-,7+;5-,6-;3*5-/m0111100/s1. The van der Waals surface area contributed by atoms with E-state index in [1.807, 2.05) is 69.9 Å². The van der Waals surface area contributed by atoms with Gasteiger partial charge in [0.15, 0.2) is 34.7 Å². The van der Waals surface area contributed by atoms with Crippen LogP contribution in [-0.2, 0) is 64.0 Å². The van der Waals surface area contributed by atoms with Crippen LogP contribution in [0.2, 0.25) is 0 Å². The Morgan fingerprint density at radius 1 is 0.490 bits per heavy atom. The Kier molecular flexibility index (Phi) is 58.9. The number of nitrogens with one attached hydrogen (secondary N) is 1. The third-order valence-electron chi connectivity index (χ3n) is 15.3. The van der Waals surface area contributed by atoms with E-state index in [4.69, 9.17) is 90.5 Å². The minimum Gasteiger partial charge on any atom is -0.481 e. The monoisotopic (exact) mass is 1370 g/mol. The molecular weight excluding hydrogens is 1250 g/mol. The molecule has 1 aromatic carbocycles. The van der Waals surface area contributed by atoms with E-state index in [2.05, 4.69) is 5.32 Å². The summed E-state index contributed by atoms with van der Waals surface area (Å²) in [6.45, 7) is 18.6. The lowest BCUT2D eigenvalue weighted by molar-refractivity contribution is -0.146. The Hall–Kier alpha value is -6.50. The molecule has 2 amide bonds. The zero-order chi connectivity index (χ0) is 75.5. The molecule has 556 valence electrons. The van der Waals surface area contributed by atoms with Crippen LogP contribution in [0.4, 0.5) is 0 Å². The molecule has 1 aromatic rings. The number of amides is 2. The Labute approximate surface area is 567 Å². The van der Waals surface area contributed by atoms with Gasteiger partial charge in [0.05, 0.1) is 54.1 Å². The molecule has 1 fully saturated rings. The maximum atomic E-state index is 12.3. The van der Waals surface area contributed by atoms with Gasteiger partial charge < -0.3 is 111 Å². The van der Waals surface area contributed by atoms with Crippen molar-refractivity contribution in [2.24, 2.45) is 110 Å². The lowest BCUT2D eigenvalue weighted by Gasteiger charge is -2.25. The third kappa shape index (κ3) is 45.1. The van der Waals surface area contributed by atoms with Gasteiger partial charge in [0.1, 0.15) is 12.1 Å². The number of Topliss-reactive ketones (excluding diaryl/α,β-unsaturated/α-hetero) is 6. The highest BCUT2D eigenvalue weighted by molar-refractivity contribution is 5.96. The molecule has 32 nitrogen and oxygen atoms in total. The normalized spacial score (nSPS) is 16.5. The predicted octanol–water partition coefficient (Wildman–Crippen LogP) is -2.31. The van der Waals surface area contributed by atoms with Crippen molar-refractivity contribution in [1.29, 1.82) is 0 Å². The number of nitrogens with zero attached hydrogens (tertiary/aromatic N) is 1. The summed E-state index contributed by atoms with van der Waals surface area (Å²) < 4.78 is 0. The number of hydrogen-bond acceptors (Lipinski definition) is 26. The number of carbonyl (C=O) groups excluding carboxylic acids is 8. The predicted molar refractivity (Wildman–Crippen MR) is 369 cm³/mol. The first-order valence-electron chi connectivity index (χ1n) is 32.8. The topological polar surface area (TPSA) is 665 Å². The molecule has 32 heteroatoms. The van der Waals surface area contributed by atoms with E-state index in [1.165, 1.54) is 0 Å². The number of nitrogens with two attached hydrogens (primary N) is 14. The molecular formula is C64H124N16O16. The molecule has 1 aliphatic rings. The average Bonchev–Trinajstić information content (AvgIpc) is 1.40. The van der Waals surface area contributed by atoms with Crippen molar-refractivity contribution in [3.05, 3.63) is 35.9 Å². The van der Waals surface area contributed by atoms with Crippen molar-refractivity contribution < 1.29 is 78.0 Å². The molecule has 0 aliphatic carbocycles. The number of likely N-dealkylation sites (tertiary alicyclic amines) is 1. The van der Waals surface area contributed by atoms with Gasteiger partial charge in [0, 0.05) is 96.8 Å². The molecule has 33 N–H and O–H groups in total. The van der Waals surface area contributed by atoms with Crippen LogP contribution in [0.25, 0.3) is 0 Å². The molecule has 1 saturated heterocycles. The molecule has 0 spiro atoms. The third-order valence-corrected chi connectivity index (χ3v) is 15.3. The SMILES string of the molecule is CCC(C)[C@H](CC(=O)[C@@H](N)[C@H](N)C(=O)N[C@H](C(=O)O)C(C)CC)C(=O)O.CCCC(=O)[C@@H](N)CN.CCCC(=O)[C@@H](N)CN.CCCC(=O)[C@H](N)CN.C[C@@H](CC(=O)O)CC(=O)[C@H](N)CN.C[C@@H]1CCCN1C(=O)[C@@H](N)CN.NC[C@@H](N)C(=O)C[C@@H](Cc1ccccc1)C(=O)O. The van der Waals surface area contributed by atoms with Crippen molar-refractivity contribution in [2.75, 3.05) is 45.8 Å². The van der Waals surface area contributed by atoms with E-state index in [1.54, 1.807) is 27.7 Å². The molecule has 1 heterocycles. The van der Waals surface area contributed by atoms with Crippen LogP contribution in [0.1, 0.15) is 158 Å². The average molecular weight is 1370 g/mol. The number of carboxylic acids is 4. The summed E-state index contributed by atoms with van der Waals surface area (Å²) >= 11 is 0. The van der Waals surface area contributed by atoms with Crippen molar-refractivity contribution in [1.82, 2.24) is 10.2 Å². The van der Waals surface area contributed by atoms with E-state index in [0.29, 0.717) is 44.6 Å². The van der Waals surface area contributed by atoms with Crippen molar-refractivity contribution in [2.45, 2.75) is 219 Å². The number of carbonyl (C=O) groups is 12. The molecule has 96 heavy (non-hydrogen) atoms. The van der Waals surface area contributed by atoms with Crippen LogP contribution in [0.5, 0.6) is 0 Å². The molecule has 2 unspecified atom stereocenters. The Balaban J connectivity index is -0.000000349. The summed E-state index contributed by atoms with van der Waals surface area (Å²) in [6, 6.07) is 2.27. The Morgan fingerprint density at radius 2 is 0.885 bits per heavy atom. The first-order chi connectivity index (χ1) is 44.8. The Bertz CT molecular complexity index is 2310. The molecule has 1 aliphatic heterocycles. The number of aliphatic carboxylic acids is 4. The summed E-state index contributed by atoms with van der Waals surface area (Å²) in [7, 11) is 0. The van der Waals surface area contributed by atoms with Gasteiger partial charge in [-0.2, -0.15) is 0 Å². The second kappa shape index (κ2) is 57.6. The lowest BCUT2D eigenvalue weighted by Crippen LogP contribution is -2.59. The van der Waals surface area contributed by atoms with Gasteiger partial charge in [0.2, 0.25) is 11.8 Å². The van der Waals surface area contributed by atoms with Crippen LogP contribution >= 0.6 is 0 Å². The Morgan fingerprint density at radius 3 is 1.21 bits per heavy atom. The van der Waals surface area contributed by atoms with Crippen LogP contribution < -0.4 is 85.6 Å². The van der Waals surface area contributed by atoms with Gasteiger partial charge in [-0.25, -0.2) is 4.79 Å². The highest BCUT2D eigenvalue weighted by Gasteiger charge is 2.35. The molecule has 15 atom stereocenters. The number of rotatable bonds is 39. The summed E-state index contributed by atoms with van der Waals surface area (Å²) in [6.07, 6.45) is 7.57. The van der Waals surface area contributed by atoms with Crippen molar-refractivity contribution in [3.63, 3.8) is 0 Å². The van der Waals surface area contributed by atoms with Gasteiger partial charge in [-0.1, -0.05) is 98.6 Å². The second-order valence-corrected chi connectivity index (χ2v) is 23.8. The molecule has 0 bridgehead atoms. The highest BCUT2D eigenvalue weighted by atomic mass is 16.4. The maximum Gasteiger partial charge on any atom is 0.326 e. The number of carboxylic acid groups (broad SMARTS) is 4. The van der Waals surface area contributed by atoms with Crippen LogP contribution in [0.15, 0.2) is 30.3 Å². The molecule has 2 rings (SSSR count). The first-order valence-corrected chi connectivity index (χ1v) is 32.8. The molecule has 0 saturated carbocycles. The van der Waals surface area contributed by atoms with Crippen molar-refractivity contribution in [3.8, 4) is 0 Å². The number of hydrogen-bond donors (Lipinski definition) is 19. The smallest absolute Gasteiger partial charge is 0.326 e. The number of ketones is 6. The van der Waals surface area contributed by atoms with E-state index < -0.39 is 102 Å². The summed E-state index contributed by atoms with van der Waals surface area (Å²) in [4.78, 5) is 137. The van der Waals surface area contributed by atoms with E-state index in [-0.39, 0.29) is 118 Å². The molecule has 0 aromatic heterocycles. The van der Waals surface area contributed by atoms with Crippen LogP contribution in [0.3, 0.4) is 0 Å². The van der Waals surface area contributed by atoms with E-state index in [0.717, 1.165) is 44.2 Å². The largest absolute Gasteiger partial charge is 0.481 e. The zero-order valence-corrected chi connectivity index (χ0v) is 58.3. The second-order valence-electron chi connectivity index (χ2n) is 23.8. The lowest BCUT2D eigenvalue weighted by atomic mass is 9.85. The fourth-order valence-electron chi connectivity index (χ4n) is 8.40. The van der Waals surface area contributed by atoms with E-state index in [9.17, 15) is 67.7 Å². The molecule has 0 radical (unpaired) electrons. The van der Waals surface area contributed by atoms with Gasteiger partial charge in [-0.3, -0.25) is 52.7 Å². The van der Waals surface area contributed by atoms with Crippen LogP contribution in [-0.4, -0.2) is 202 Å². The first kappa shape index (κ1) is 98.2. The summed E-state index contributed by atoms with van der Waals surface area (Å²) in [5.41, 5.74) is 76.0. The number of benzene rings is 1. The highest BCUT2D eigenvalue weighted by Crippen LogP contribution is 2.21. The van der Waals surface area contributed by atoms with Gasteiger partial charge in [0.25, 0.3) is 0 Å². The van der Waals surface area contributed by atoms with Gasteiger partial charge >= 0.3 is 23.9 Å². The quantitative estimate of drug-likeness (QED) is 0.0329. The van der Waals surface area contributed by atoms with Crippen LogP contribution in [0, 0.1) is 29.6 Å². The van der Waals surface area contributed by atoms with Gasteiger partial charge in [-0.15, -0.1) is 0 Å². The summed E-state index contributed by atoms with van der Waals surface area (Å²) in [5, 5.41) is 38.3. The minimum atomic E-state index is -1.46. The zero-order valence-electron chi connectivity index (χ0n) is 58.3. The fraction of sp³-hybridized carbons (Fsp3) is 0.719. The van der Waals surface area contributed by atoms with Gasteiger partial charge in [-0.05, 0) is 68.8 Å². The fourth-order valence-corrected chi connectivity index (χ4v) is 8.40.